The number of rotatable bonds is 4. The van der Waals surface area contributed by atoms with Crippen molar-refractivity contribution in [3.05, 3.63) is 35.9 Å². The number of aliphatic hydroxyl groups excluding tert-OH is 2. The Hall–Kier alpha value is -0.970. The largest absolute Gasteiger partial charge is 0.396 e. The molecule has 0 aliphatic heterocycles. The predicted molar refractivity (Wildman–Crippen MR) is 59.1 cm³/mol. The number of aliphatic hydroxyl groups is 2. The van der Waals surface area contributed by atoms with E-state index in [1.807, 2.05) is 30.3 Å². The van der Waals surface area contributed by atoms with E-state index in [2.05, 4.69) is 12.2 Å². The lowest BCUT2D eigenvalue weighted by molar-refractivity contribution is 0.156. The first-order valence-corrected chi connectivity index (χ1v) is 4.71. The first-order valence-electron chi connectivity index (χ1n) is 4.30. The van der Waals surface area contributed by atoms with Crippen LogP contribution < -0.4 is 5.73 Å². The number of benzene rings is 1. The second-order valence-corrected chi connectivity index (χ2v) is 3.52. The topological polar surface area (TPSA) is 66.5 Å². The van der Waals surface area contributed by atoms with Crippen LogP contribution in [0.15, 0.2) is 30.3 Å². The van der Waals surface area contributed by atoms with Gasteiger partial charge in [-0.1, -0.05) is 42.5 Å². The van der Waals surface area contributed by atoms with Crippen LogP contribution in [0.4, 0.5) is 0 Å². The molecule has 2 unspecified atom stereocenters. The third-order valence-corrected chi connectivity index (χ3v) is 2.34. The van der Waals surface area contributed by atoms with Gasteiger partial charge in [0.1, 0.15) is 11.1 Å². The number of nitrogens with two attached hydrogens (primary N) is 1. The molecule has 14 heavy (non-hydrogen) atoms. The average molecular weight is 211 g/mol. The molecule has 0 amide bonds. The second kappa shape index (κ2) is 5.05. The molecule has 0 aliphatic rings. The van der Waals surface area contributed by atoms with Crippen molar-refractivity contribution in [2.45, 2.75) is 12.0 Å². The van der Waals surface area contributed by atoms with Crippen LogP contribution in [0.2, 0.25) is 0 Å². The zero-order valence-electron chi connectivity index (χ0n) is 7.63. The average Bonchev–Trinajstić information content (AvgIpc) is 2.20. The van der Waals surface area contributed by atoms with E-state index in [0.29, 0.717) is 0 Å². The van der Waals surface area contributed by atoms with Gasteiger partial charge in [-0.25, -0.2) is 0 Å². The molecule has 0 fully saturated rings. The number of hydrogen-bond donors (Lipinski definition) is 3. The van der Waals surface area contributed by atoms with E-state index >= 15 is 0 Å². The Morgan fingerprint density at radius 3 is 2.36 bits per heavy atom. The van der Waals surface area contributed by atoms with Crippen LogP contribution in [0.25, 0.3) is 0 Å². The molecule has 1 aromatic rings. The molecule has 4 heteroatoms. The fourth-order valence-electron chi connectivity index (χ4n) is 1.29. The normalized spacial score (nSPS) is 14.7. The van der Waals surface area contributed by atoms with Gasteiger partial charge in [0.05, 0.1) is 6.61 Å². The van der Waals surface area contributed by atoms with E-state index in [0.717, 1.165) is 5.56 Å². The van der Waals surface area contributed by atoms with Crippen LogP contribution in [0.3, 0.4) is 0 Å². The first-order chi connectivity index (χ1) is 6.66. The molecule has 0 radical (unpaired) electrons. The zero-order valence-corrected chi connectivity index (χ0v) is 8.45. The fraction of sp³-hybridized carbons (Fsp3) is 0.300. The Morgan fingerprint density at radius 1 is 1.36 bits per heavy atom. The molecule has 0 saturated heterocycles. The van der Waals surface area contributed by atoms with Gasteiger partial charge in [-0.2, -0.15) is 0 Å². The zero-order chi connectivity index (χ0) is 10.6. The van der Waals surface area contributed by atoms with E-state index in [9.17, 15) is 5.11 Å². The van der Waals surface area contributed by atoms with Gasteiger partial charge >= 0.3 is 0 Å². The Bertz CT molecular complexity index is 302. The van der Waals surface area contributed by atoms with E-state index in [-0.39, 0.29) is 11.6 Å². The summed E-state index contributed by atoms with van der Waals surface area (Å²) in [4.78, 5) is 0.00732. The second-order valence-electron chi connectivity index (χ2n) is 3.05. The van der Waals surface area contributed by atoms with Gasteiger partial charge in [0, 0.05) is 5.92 Å². The van der Waals surface area contributed by atoms with Crippen LogP contribution in [-0.2, 0) is 0 Å². The van der Waals surface area contributed by atoms with Gasteiger partial charge in [-0.05, 0) is 5.56 Å². The quantitative estimate of drug-likeness (QED) is 0.631. The molecule has 0 aromatic heterocycles. The van der Waals surface area contributed by atoms with Crippen molar-refractivity contribution < 1.29 is 10.2 Å². The van der Waals surface area contributed by atoms with Crippen LogP contribution in [0.1, 0.15) is 11.5 Å². The summed E-state index contributed by atoms with van der Waals surface area (Å²) in [6, 6.07) is 9.18. The molecule has 3 nitrogen and oxygen atoms in total. The third kappa shape index (κ3) is 2.51. The van der Waals surface area contributed by atoms with Crippen LogP contribution in [0.5, 0.6) is 0 Å². The van der Waals surface area contributed by atoms with Gasteiger partial charge in [0.2, 0.25) is 0 Å². The van der Waals surface area contributed by atoms with E-state index in [4.69, 9.17) is 10.8 Å². The molecular formula is C10H13NO2S. The Labute approximate surface area is 88.2 Å². The Balaban J connectivity index is 2.87. The lowest BCUT2D eigenvalue weighted by Crippen LogP contribution is -2.34. The minimum absolute atomic E-state index is 0.00732. The van der Waals surface area contributed by atoms with Crippen molar-refractivity contribution in [1.29, 1.82) is 0 Å². The number of hydrogen-bond acceptors (Lipinski definition) is 3. The molecule has 0 spiro atoms. The summed E-state index contributed by atoms with van der Waals surface area (Å²) >= 11 is 4.68. The molecule has 4 N–H and O–H groups in total. The standard InChI is InChI=1S/C10H13NO2S/c11-10(14)9(13)8(6-12)7-4-2-1-3-5-7/h1-5,8-9,12-13H,6H2,(H2,11,14). The summed E-state index contributed by atoms with van der Waals surface area (Å²) < 4.78 is 0. The Kier molecular flexibility index (Phi) is 4.00. The smallest absolute Gasteiger partial charge is 0.113 e. The highest BCUT2D eigenvalue weighted by Gasteiger charge is 2.22. The van der Waals surface area contributed by atoms with Crippen LogP contribution in [0, 0.1) is 0 Å². The van der Waals surface area contributed by atoms with Crippen molar-refractivity contribution >= 4 is 17.2 Å². The van der Waals surface area contributed by atoms with Crippen molar-refractivity contribution in [1.82, 2.24) is 0 Å². The summed E-state index contributed by atoms with van der Waals surface area (Å²) in [7, 11) is 0. The van der Waals surface area contributed by atoms with Crippen LogP contribution in [-0.4, -0.2) is 27.9 Å². The maximum absolute atomic E-state index is 9.61. The lowest BCUT2D eigenvalue weighted by Gasteiger charge is -2.19. The fourth-order valence-corrected chi connectivity index (χ4v) is 1.45. The highest BCUT2D eigenvalue weighted by Crippen LogP contribution is 2.19. The molecule has 76 valence electrons. The monoisotopic (exact) mass is 211 g/mol. The van der Waals surface area contributed by atoms with Gasteiger partial charge in [0.15, 0.2) is 0 Å². The minimum Gasteiger partial charge on any atom is -0.396 e. The maximum Gasteiger partial charge on any atom is 0.113 e. The third-order valence-electron chi connectivity index (χ3n) is 2.10. The SMILES string of the molecule is NC(=S)C(O)C(CO)c1ccccc1. The maximum atomic E-state index is 9.61. The molecule has 0 bridgehead atoms. The highest BCUT2D eigenvalue weighted by molar-refractivity contribution is 7.80. The summed E-state index contributed by atoms with van der Waals surface area (Å²) in [5, 5.41) is 18.7. The molecule has 0 heterocycles. The Morgan fingerprint density at radius 2 is 1.93 bits per heavy atom. The van der Waals surface area contributed by atoms with Gasteiger partial charge in [0.25, 0.3) is 0 Å². The van der Waals surface area contributed by atoms with Crippen LogP contribution >= 0.6 is 12.2 Å². The lowest BCUT2D eigenvalue weighted by atomic mass is 9.94. The van der Waals surface area contributed by atoms with Gasteiger partial charge in [-0.3, -0.25) is 0 Å². The summed E-state index contributed by atoms with van der Waals surface area (Å²) in [6.07, 6.45) is -0.975. The van der Waals surface area contributed by atoms with E-state index in [1.165, 1.54) is 0 Å². The van der Waals surface area contributed by atoms with Crippen molar-refractivity contribution in [3.8, 4) is 0 Å². The van der Waals surface area contributed by atoms with Crippen molar-refractivity contribution in [3.63, 3.8) is 0 Å². The van der Waals surface area contributed by atoms with E-state index < -0.39 is 12.0 Å². The van der Waals surface area contributed by atoms with Gasteiger partial charge < -0.3 is 15.9 Å². The first kappa shape index (κ1) is 11.1. The summed E-state index contributed by atoms with van der Waals surface area (Å²) in [5.41, 5.74) is 6.15. The molecule has 1 aromatic carbocycles. The summed E-state index contributed by atoms with van der Waals surface area (Å²) in [6.45, 7) is -0.178. The summed E-state index contributed by atoms with van der Waals surface area (Å²) in [5.74, 6) is -0.436. The molecular weight excluding hydrogens is 198 g/mol. The molecule has 0 aliphatic carbocycles. The molecule has 2 atom stereocenters. The minimum atomic E-state index is -0.975. The van der Waals surface area contributed by atoms with Crippen molar-refractivity contribution in [2.24, 2.45) is 5.73 Å². The van der Waals surface area contributed by atoms with Gasteiger partial charge in [-0.15, -0.1) is 0 Å². The molecule has 0 saturated carbocycles. The highest BCUT2D eigenvalue weighted by atomic mass is 32.1. The number of thiocarbonyl (C=S) groups is 1. The van der Waals surface area contributed by atoms with E-state index in [1.54, 1.807) is 0 Å². The van der Waals surface area contributed by atoms with Crippen molar-refractivity contribution in [2.75, 3.05) is 6.61 Å². The molecule has 1 rings (SSSR count). The predicted octanol–water partition coefficient (Wildman–Crippen LogP) is 0.410.